The molecule has 2 atom stereocenters. The summed E-state index contributed by atoms with van der Waals surface area (Å²) >= 11 is 0. The highest BCUT2D eigenvalue weighted by Gasteiger charge is 2.26. The first-order chi connectivity index (χ1) is 7.77. The van der Waals surface area contributed by atoms with Crippen LogP contribution in [0.15, 0.2) is 30.3 Å². The maximum atomic E-state index is 9.90. The highest BCUT2D eigenvalue weighted by Crippen LogP contribution is 2.22. The minimum absolute atomic E-state index is 0.119. The van der Waals surface area contributed by atoms with Gasteiger partial charge in [-0.2, -0.15) is 0 Å². The molecule has 0 heterocycles. The van der Waals surface area contributed by atoms with Crippen molar-refractivity contribution < 1.29 is 5.11 Å². The Bertz CT molecular complexity index is 315. The van der Waals surface area contributed by atoms with Crippen LogP contribution < -0.4 is 5.84 Å². The zero-order valence-corrected chi connectivity index (χ0v) is 9.55. The van der Waals surface area contributed by atoms with Crippen LogP contribution in [0.4, 0.5) is 0 Å². The van der Waals surface area contributed by atoms with E-state index in [2.05, 4.69) is 12.1 Å². The minimum Gasteiger partial charge on any atom is -0.391 e. The van der Waals surface area contributed by atoms with E-state index in [1.807, 2.05) is 18.2 Å². The summed E-state index contributed by atoms with van der Waals surface area (Å²) in [6.07, 6.45) is 3.92. The van der Waals surface area contributed by atoms with Gasteiger partial charge in [0.05, 0.1) is 12.1 Å². The Morgan fingerprint density at radius 3 is 2.56 bits per heavy atom. The summed E-state index contributed by atoms with van der Waals surface area (Å²) < 4.78 is 0. The molecule has 0 aliphatic heterocycles. The third kappa shape index (κ3) is 2.82. The first-order valence-corrected chi connectivity index (χ1v) is 6.00. The predicted octanol–water partition coefficient (Wildman–Crippen LogP) is 1.67. The smallest absolute Gasteiger partial charge is 0.0709 e. The summed E-state index contributed by atoms with van der Waals surface area (Å²) in [5.41, 5.74) is 1.20. The summed E-state index contributed by atoms with van der Waals surface area (Å²) in [5.74, 6) is 6.04. The van der Waals surface area contributed by atoms with E-state index in [4.69, 9.17) is 5.84 Å². The molecule has 1 aromatic rings. The average Bonchev–Trinajstić information content (AvgIpc) is 2.31. The second-order valence-corrected chi connectivity index (χ2v) is 4.58. The van der Waals surface area contributed by atoms with Gasteiger partial charge >= 0.3 is 0 Å². The standard InChI is InChI=1S/C13H20N2O/c14-15(10-11-6-2-1-3-7-11)12-8-4-5-9-13(12)16/h1-3,6-7,12-13,16H,4-5,8-10,14H2/t12-,13+/m1/s1. The topological polar surface area (TPSA) is 49.5 Å². The zero-order chi connectivity index (χ0) is 11.4. The molecule has 1 aromatic carbocycles. The van der Waals surface area contributed by atoms with Crippen molar-refractivity contribution >= 4 is 0 Å². The van der Waals surface area contributed by atoms with Crippen LogP contribution in [0.5, 0.6) is 0 Å². The lowest BCUT2D eigenvalue weighted by Gasteiger charge is -2.34. The van der Waals surface area contributed by atoms with Crippen molar-refractivity contribution in [2.45, 2.75) is 44.4 Å². The monoisotopic (exact) mass is 220 g/mol. The third-order valence-electron chi connectivity index (χ3n) is 3.33. The number of nitrogens with zero attached hydrogens (tertiary/aromatic N) is 1. The van der Waals surface area contributed by atoms with Gasteiger partial charge < -0.3 is 5.11 Å². The molecule has 3 heteroatoms. The van der Waals surface area contributed by atoms with Crippen LogP contribution >= 0.6 is 0 Å². The maximum Gasteiger partial charge on any atom is 0.0709 e. The van der Waals surface area contributed by atoms with Gasteiger partial charge in [-0.15, -0.1) is 0 Å². The zero-order valence-electron chi connectivity index (χ0n) is 9.55. The van der Waals surface area contributed by atoms with Crippen LogP contribution in [-0.4, -0.2) is 22.3 Å². The predicted molar refractivity (Wildman–Crippen MR) is 64.4 cm³/mol. The second kappa shape index (κ2) is 5.43. The molecule has 3 N–H and O–H groups in total. The van der Waals surface area contributed by atoms with Gasteiger partial charge in [0.25, 0.3) is 0 Å². The van der Waals surface area contributed by atoms with Crippen LogP contribution in [0.25, 0.3) is 0 Å². The molecular formula is C13H20N2O. The molecule has 1 saturated carbocycles. The van der Waals surface area contributed by atoms with Gasteiger partial charge in [-0.3, -0.25) is 5.84 Å². The molecule has 88 valence electrons. The van der Waals surface area contributed by atoms with Gasteiger partial charge in [-0.1, -0.05) is 43.2 Å². The van der Waals surface area contributed by atoms with Crippen LogP contribution in [0.1, 0.15) is 31.2 Å². The molecule has 0 bridgehead atoms. The van der Waals surface area contributed by atoms with E-state index in [1.165, 1.54) is 12.0 Å². The number of nitrogens with two attached hydrogens (primary N) is 1. The second-order valence-electron chi connectivity index (χ2n) is 4.58. The number of hydrogen-bond donors (Lipinski definition) is 2. The summed E-state index contributed by atoms with van der Waals surface area (Å²) in [5, 5.41) is 11.7. The molecule has 0 saturated heterocycles. The van der Waals surface area contributed by atoms with E-state index in [1.54, 1.807) is 5.01 Å². The highest BCUT2D eigenvalue weighted by molar-refractivity contribution is 5.14. The van der Waals surface area contributed by atoms with E-state index in [-0.39, 0.29) is 12.1 Å². The van der Waals surface area contributed by atoms with Gasteiger partial charge in [-0.25, -0.2) is 5.01 Å². The van der Waals surface area contributed by atoms with Gasteiger partial charge in [-0.05, 0) is 18.4 Å². The van der Waals surface area contributed by atoms with Crippen LogP contribution in [-0.2, 0) is 6.54 Å². The van der Waals surface area contributed by atoms with Crippen molar-refractivity contribution in [2.24, 2.45) is 5.84 Å². The average molecular weight is 220 g/mol. The van der Waals surface area contributed by atoms with Gasteiger partial charge in [0.1, 0.15) is 0 Å². The van der Waals surface area contributed by atoms with Crippen molar-refractivity contribution in [3.63, 3.8) is 0 Å². The maximum absolute atomic E-state index is 9.90. The molecule has 1 fully saturated rings. The van der Waals surface area contributed by atoms with Crippen LogP contribution in [0.3, 0.4) is 0 Å². The Kier molecular flexibility index (Phi) is 3.93. The Hall–Kier alpha value is -0.900. The number of aliphatic hydroxyl groups excluding tert-OH is 1. The Morgan fingerprint density at radius 2 is 1.88 bits per heavy atom. The van der Waals surface area contributed by atoms with E-state index < -0.39 is 0 Å². The summed E-state index contributed by atoms with van der Waals surface area (Å²) in [6, 6.07) is 10.3. The number of hydrazine groups is 1. The molecule has 0 unspecified atom stereocenters. The Morgan fingerprint density at radius 1 is 1.19 bits per heavy atom. The molecule has 3 nitrogen and oxygen atoms in total. The van der Waals surface area contributed by atoms with Crippen molar-refractivity contribution in [3.05, 3.63) is 35.9 Å². The van der Waals surface area contributed by atoms with E-state index in [0.717, 1.165) is 19.3 Å². The fourth-order valence-electron chi connectivity index (χ4n) is 2.39. The van der Waals surface area contributed by atoms with Crippen molar-refractivity contribution in [3.8, 4) is 0 Å². The fraction of sp³-hybridized carbons (Fsp3) is 0.538. The number of benzene rings is 1. The molecule has 0 radical (unpaired) electrons. The number of aliphatic hydroxyl groups is 1. The highest BCUT2D eigenvalue weighted by atomic mass is 16.3. The molecular weight excluding hydrogens is 200 g/mol. The quantitative estimate of drug-likeness (QED) is 0.601. The first kappa shape index (κ1) is 11.6. The SMILES string of the molecule is NN(Cc1ccccc1)[C@@H]1CCCC[C@@H]1O. The summed E-state index contributed by atoms with van der Waals surface area (Å²) in [4.78, 5) is 0. The molecule has 0 spiro atoms. The van der Waals surface area contributed by atoms with Crippen LogP contribution in [0.2, 0.25) is 0 Å². The summed E-state index contributed by atoms with van der Waals surface area (Å²) in [6.45, 7) is 0.711. The van der Waals surface area contributed by atoms with Crippen LogP contribution in [0, 0.1) is 0 Å². The van der Waals surface area contributed by atoms with Gasteiger partial charge in [0, 0.05) is 6.54 Å². The third-order valence-corrected chi connectivity index (χ3v) is 3.33. The van der Waals surface area contributed by atoms with Gasteiger partial charge in [0.2, 0.25) is 0 Å². The lowest BCUT2D eigenvalue weighted by molar-refractivity contribution is 0.0152. The largest absolute Gasteiger partial charge is 0.391 e. The lowest BCUT2D eigenvalue weighted by atomic mass is 9.92. The van der Waals surface area contributed by atoms with E-state index in [9.17, 15) is 5.11 Å². The van der Waals surface area contributed by atoms with Crippen molar-refractivity contribution in [2.75, 3.05) is 0 Å². The van der Waals surface area contributed by atoms with Crippen molar-refractivity contribution in [1.29, 1.82) is 0 Å². The molecule has 0 aromatic heterocycles. The molecule has 0 amide bonds. The Balaban J connectivity index is 1.94. The van der Waals surface area contributed by atoms with Crippen molar-refractivity contribution in [1.82, 2.24) is 5.01 Å². The molecule has 1 aliphatic carbocycles. The number of rotatable bonds is 3. The Labute approximate surface area is 96.8 Å². The fourth-order valence-corrected chi connectivity index (χ4v) is 2.39. The molecule has 2 rings (SSSR count). The lowest BCUT2D eigenvalue weighted by Crippen LogP contribution is -2.48. The summed E-state index contributed by atoms with van der Waals surface area (Å²) in [7, 11) is 0. The normalized spacial score (nSPS) is 25.9. The minimum atomic E-state index is -0.262. The van der Waals surface area contributed by atoms with E-state index in [0.29, 0.717) is 6.54 Å². The molecule has 16 heavy (non-hydrogen) atoms. The molecule has 1 aliphatic rings. The number of hydrogen-bond acceptors (Lipinski definition) is 3. The van der Waals surface area contributed by atoms with E-state index >= 15 is 0 Å². The van der Waals surface area contributed by atoms with Gasteiger partial charge in [0.15, 0.2) is 0 Å². The first-order valence-electron chi connectivity index (χ1n) is 6.00.